The van der Waals surface area contributed by atoms with Crippen LogP contribution in [0, 0.1) is 0 Å². The lowest BCUT2D eigenvalue weighted by molar-refractivity contribution is -0.0366. The molecule has 0 radical (unpaired) electrons. The van der Waals surface area contributed by atoms with Crippen LogP contribution in [-0.4, -0.2) is 58.6 Å². The molecule has 2 aliphatic rings. The van der Waals surface area contributed by atoms with Crippen LogP contribution in [0.1, 0.15) is 62.8 Å². The van der Waals surface area contributed by atoms with Crippen LogP contribution in [-0.2, 0) is 13.3 Å². The van der Waals surface area contributed by atoms with Gasteiger partial charge in [-0.2, -0.15) is 10.2 Å². The van der Waals surface area contributed by atoms with E-state index in [0.29, 0.717) is 70.4 Å². The lowest BCUT2D eigenvalue weighted by Gasteiger charge is -2.29. The van der Waals surface area contributed by atoms with E-state index in [-0.39, 0.29) is 44.4 Å². The van der Waals surface area contributed by atoms with Gasteiger partial charge >= 0.3 is 0 Å². The van der Waals surface area contributed by atoms with Crippen LogP contribution in [0.3, 0.4) is 0 Å². The molecule has 0 aliphatic heterocycles. The highest BCUT2D eigenvalue weighted by Gasteiger charge is 2.36. The molecule has 0 atom stereocenters. The zero-order chi connectivity index (χ0) is 32.9. The Morgan fingerprint density at radius 3 is 1.50 bits per heavy atom. The van der Waals surface area contributed by atoms with Gasteiger partial charge < -0.3 is 15.7 Å². The van der Waals surface area contributed by atoms with Gasteiger partial charge in [0.2, 0.25) is 11.8 Å². The molecule has 2 saturated carbocycles. The van der Waals surface area contributed by atoms with Gasteiger partial charge in [-0.15, -0.1) is 0 Å². The molecule has 9 nitrogen and oxygen atoms in total. The summed E-state index contributed by atoms with van der Waals surface area (Å²) in [6, 6.07) is 9.68. The molecule has 0 saturated heterocycles. The number of aliphatic hydroxyl groups excluding tert-OH is 1. The molecular formula is C30H33Cl2F5N8O. The van der Waals surface area contributed by atoms with E-state index in [1.54, 1.807) is 48.8 Å². The highest BCUT2D eigenvalue weighted by Crippen LogP contribution is 2.35. The van der Waals surface area contributed by atoms with Crippen LogP contribution < -0.4 is 10.6 Å². The molecule has 46 heavy (non-hydrogen) atoms. The van der Waals surface area contributed by atoms with Crippen molar-refractivity contribution in [1.82, 2.24) is 29.5 Å². The number of aliphatic hydroxyl groups is 1. The highest BCUT2D eigenvalue weighted by molar-refractivity contribution is 6.31. The maximum atomic E-state index is 13.2. The predicted octanol–water partition coefficient (Wildman–Crippen LogP) is 7.78. The van der Waals surface area contributed by atoms with E-state index in [1.807, 2.05) is 0 Å². The average Bonchev–Trinajstić information content (AvgIpc) is 3.70. The third-order valence-electron chi connectivity index (χ3n) is 7.75. The molecule has 248 valence electrons. The van der Waals surface area contributed by atoms with Crippen LogP contribution in [0.25, 0.3) is 11.6 Å². The Hall–Kier alpha value is -3.49. The minimum atomic E-state index is -2.57. The first-order chi connectivity index (χ1) is 21.9. The molecule has 0 bridgehead atoms. The van der Waals surface area contributed by atoms with Gasteiger partial charge in [-0.1, -0.05) is 23.2 Å². The van der Waals surface area contributed by atoms with E-state index in [0.717, 1.165) is 0 Å². The number of rotatable bonds is 8. The fourth-order valence-corrected chi connectivity index (χ4v) is 5.67. The second-order valence-corrected chi connectivity index (χ2v) is 12.3. The SMILES string of the molecule is FCc1ccn(-c2cc(Cl)cc(NC3CCC(F)(F)CC3)n2)n1.OCc1ccn(-c2cc(Cl)cc(NC3CCC(F)(F)CC3)n2)n1. The normalized spacial score (nSPS) is 18.1. The van der Waals surface area contributed by atoms with Crippen LogP contribution in [0.4, 0.5) is 33.6 Å². The van der Waals surface area contributed by atoms with Gasteiger partial charge in [-0.25, -0.2) is 41.3 Å². The molecule has 4 aromatic rings. The van der Waals surface area contributed by atoms with Crippen molar-refractivity contribution in [2.45, 2.75) is 88.6 Å². The van der Waals surface area contributed by atoms with Crippen LogP contribution in [0.2, 0.25) is 10.0 Å². The number of pyridine rings is 2. The van der Waals surface area contributed by atoms with Gasteiger partial charge in [0.05, 0.1) is 18.0 Å². The summed E-state index contributed by atoms with van der Waals surface area (Å²) in [5.41, 5.74) is 0.826. The monoisotopic (exact) mass is 686 g/mol. The summed E-state index contributed by atoms with van der Waals surface area (Å²) >= 11 is 12.2. The van der Waals surface area contributed by atoms with Crippen molar-refractivity contribution in [3.63, 3.8) is 0 Å². The molecule has 4 heterocycles. The van der Waals surface area contributed by atoms with Gasteiger partial charge in [0, 0.05) is 72.3 Å². The zero-order valence-corrected chi connectivity index (χ0v) is 26.1. The number of alkyl halides is 5. The Labute approximate surface area is 272 Å². The number of anilines is 2. The summed E-state index contributed by atoms with van der Waals surface area (Å²) in [5, 5.41) is 24.5. The van der Waals surface area contributed by atoms with Gasteiger partial charge in [0.15, 0.2) is 11.6 Å². The Morgan fingerprint density at radius 1 is 0.717 bits per heavy atom. The summed E-state index contributed by atoms with van der Waals surface area (Å²) in [7, 11) is 0. The van der Waals surface area contributed by atoms with Crippen LogP contribution in [0.5, 0.6) is 0 Å². The summed E-state index contributed by atoms with van der Waals surface area (Å²) in [6.45, 7) is -0.816. The van der Waals surface area contributed by atoms with Crippen molar-refractivity contribution in [3.05, 3.63) is 70.2 Å². The number of hydrogen-bond donors (Lipinski definition) is 3. The van der Waals surface area contributed by atoms with E-state index in [1.165, 1.54) is 9.36 Å². The predicted molar refractivity (Wildman–Crippen MR) is 165 cm³/mol. The highest BCUT2D eigenvalue weighted by atomic mass is 35.5. The van der Waals surface area contributed by atoms with Crippen molar-refractivity contribution < 1.29 is 27.1 Å². The lowest BCUT2D eigenvalue weighted by atomic mass is 9.92. The van der Waals surface area contributed by atoms with Crippen molar-refractivity contribution in [1.29, 1.82) is 0 Å². The zero-order valence-electron chi connectivity index (χ0n) is 24.6. The van der Waals surface area contributed by atoms with E-state index in [9.17, 15) is 22.0 Å². The third kappa shape index (κ3) is 9.29. The molecule has 4 aromatic heterocycles. The first-order valence-electron chi connectivity index (χ1n) is 14.8. The molecule has 0 amide bonds. The number of halogens is 7. The minimum Gasteiger partial charge on any atom is -0.390 e. The van der Waals surface area contributed by atoms with Crippen molar-refractivity contribution in [3.8, 4) is 11.6 Å². The van der Waals surface area contributed by atoms with E-state index >= 15 is 0 Å². The van der Waals surface area contributed by atoms with Crippen molar-refractivity contribution >= 4 is 34.8 Å². The molecule has 0 aromatic carbocycles. The largest absolute Gasteiger partial charge is 0.390 e. The molecular weight excluding hydrogens is 654 g/mol. The smallest absolute Gasteiger partial charge is 0.248 e. The van der Waals surface area contributed by atoms with Crippen LogP contribution in [0.15, 0.2) is 48.8 Å². The third-order valence-corrected chi connectivity index (χ3v) is 8.18. The van der Waals surface area contributed by atoms with Gasteiger partial charge in [-0.3, -0.25) is 0 Å². The number of hydrogen-bond acceptors (Lipinski definition) is 7. The van der Waals surface area contributed by atoms with Gasteiger partial charge in [0.1, 0.15) is 18.3 Å². The van der Waals surface area contributed by atoms with E-state index < -0.39 is 18.5 Å². The number of aromatic nitrogens is 6. The fraction of sp³-hybridized carbons (Fsp3) is 0.467. The Kier molecular flexibility index (Phi) is 10.7. The quantitative estimate of drug-likeness (QED) is 0.163. The Morgan fingerprint density at radius 2 is 1.13 bits per heavy atom. The van der Waals surface area contributed by atoms with E-state index in [2.05, 4.69) is 30.8 Å². The maximum Gasteiger partial charge on any atom is 0.248 e. The molecule has 0 unspecified atom stereocenters. The first kappa shape index (κ1) is 33.9. The first-order valence-corrected chi connectivity index (χ1v) is 15.6. The lowest BCUT2D eigenvalue weighted by Crippen LogP contribution is -2.32. The molecule has 2 aliphatic carbocycles. The molecule has 6 rings (SSSR count). The molecule has 3 N–H and O–H groups in total. The minimum absolute atomic E-state index is 0.0425. The number of nitrogens with zero attached hydrogens (tertiary/aromatic N) is 6. The molecule has 16 heteroatoms. The molecule has 0 spiro atoms. The fourth-order valence-electron chi connectivity index (χ4n) is 5.27. The van der Waals surface area contributed by atoms with Crippen LogP contribution >= 0.6 is 23.2 Å². The van der Waals surface area contributed by atoms with Crippen molar-refractivity contribution in [2.24, 2.45) is 0 Å². The summed E-state index contributed by atoms with van der Waals surface area (Å²) in [6.07, 6.45) is 4.34. The summed E-state index contributed by atoms with van der Waals surface area (Å²) in [4.78, 5) is 8.79. The second kappa shape index (κ2) is 14.5. The van der Waals surface area contributed by atoms with Crippen molar-refractivity contribution in [2.75, 3.05) is 10.6 Å². The second-order valence-electron chi connectivity index (χ2n) is 11.4. The maximum absolute atomic E-state index is 13.2. The average molecular weight is 688 g/mol. The Balaban J connectivity index is 0.000000181. The topological polar surface area (TPSA) is 106 Å². The van der Waals surface area contributed by atoms with Gasteiger partial charge in [0.25, 0.3) is 0 Å². The Bertz CT molecular complexity index is 1480. The summed E-state index contributed by atoms with van der Waals surface area (Å²) in [5.74, 6) is -3.14. The number of nitrogens with one attached hydrogen (secondary N) is 2. The summed E-state index contributed by atoms with van der Waals surface area (Å²) < 4.78 is 68.3. The van der Waals surface area contributed by atoms with Gasteiger partial charge in [-0.05, 0) is 49.9 Å². The molecule has 2 fully saturated rings. The van der Waals surface area contributed by atoms with E-state index in [4.69, 9.17) is 28.3 Å². The standard InChI is InChI=1S/C15H16ClF3N4.C15H17ClF2N4O/c16-10-7-13(20-11-1-4-15(18,19)5-2-11)21-14(8-10)23-6-3-12(9-17)22-23;16-10-7-13(19-11-1-4-15(17,18)5-2-11)20-14(8-10)22-6-3-12(9-23)21-22/h3,6-8,11H,1-2,4-5,9H2,(H,20,21);3,6-8,11,23H,1-2,4-5,9H2,(H,19,20).